The van der Waals surface area contributed by atoms with Gasteiger partial charge in [-0.1, -0.05) is 97.1 Å². The van der Waals surface area contributed by atoms with Crippen molar-refractivity contribution < 1.29 is 24.8 Å². The van der Waals surface area contributed by atoms with E-state index in [0.29, 0.717) is 0 Å². The smallest absolute Gasteiger partial charge is 0.230 e. The number of benzene rings is 4. The van der Waals surface area contributed by atoms with E-state index < -0.39 is 15.1 Å². The molecule has 4 aromatic rings. The van der Waals surface area contributed by atoms with Gasteiger partial charge in [0.2, 0.25) is 7.71 Å². The Labute approximate surface area is 294 Å². The van der Waals surface area contributed by atoms with Gasteiger partial charge < -0.3 is 24.8 Å². The Kier molecular flexibility index (Phi) is 20.6. The number of hydrogen-bond donors (Lipinski definition) is 0. The molecule has 248 valence electrons. The molecule has 0 radical (unpaired) electrons. The zero-order valence-corrected chi connectivity index (χ0v) is 32.3. The van der Waals surface area contributed by atoms with Crippen LogP contribution in [-0.4, -0.2) is 74.1 Å². The Morgan fingerprint density at radius 3 is 1.02 bits per heavy atom. The van der Waals surface area contributed by atoms with Gasteiger partial charge in [0.05, 0.1) is 0 Å². The van der Waals surface area contributed by atoms with Gasteiger partial charge in [-0.3, -0.25) is 0 Å². The fraction of sp³-hybridized carbons (Fsp3) is 0.333. The number of nitrogens with zero attached hydrogens (tertiary/aromatic N) is 4. The maximum atomic E-state index is 2.70. The monoisotopic (exact) mass is 708 g/mol. The van der Waals surface area contributed by atoms with E-state index in [1.807, 2.05) is 0 Å². The zero-order valence-electron chi connectivity index (χ0n) is 28.2. The van der Waals surface area contributed by atoms with Crippen molar-refractivity contribution >= 4 is 38.1 Å². The van der Waals surface area contributed by atoms with Gasteiger partial charge in [-0.2, -0.15) is 18.7 Å². The molecule has 0 atom stereocenters. The van der Waals surface area contributed by atoms with Gasteiger partial charge in [0.15, 0.2) is 7.41 Å². The van der Waals surface area contributed by atoms with E-state index in [9.17, 15) is 0 Å². The minimum Gasteiger partial charge on any atom is -1.00 e. The van der Waals surface area contributed by atoms with Crippen LogP contribution in [0, 0.1) is 0 Å². The lowest BCUT2D eigenvalue weighted by Gasteiger charge is -2.40. The SMILES string of the molecule is CCN(CC)[P+](Cc1ccccc1)(c1ccccc1)c1ccccc1.CN(C)[P+](Cc1ccccc1)(N(C)C)N(C)C.Cl.[Cl-].[Cl-]. The molecule has 4 aromatic carbocycles. The first-order valence-corrected chi connectivity index (χ1v) is 18.7. The summed E-state index contributed by atoms with van der Waals surface area (Å²) >= 11 is 0. The van der Waals surface area contributed by atoms with E-state index in [2.05, 4.69) is 196 Å². The molecule has 0 N–H and O–H groups in total. The molecule has 0 saturated carbocycles. The number of halogens is 3. The fourth-order valence-corrected chi connectivity index (χ4v) is 14.2. The molecule has 0 aliphatic carbocycles. The average Bonchev–Trinajstić information content (AvgIpc) is 3.01. The van der Waals surface area contributed by atoms with E-state index in [0.717, 1.165) is 25.4 Å². The highest BCUT2D eigenvalue weighted by atomic mass is 35.5. The molecular formula is C36H53Cl3N4P2. The second kappa shape index (κ2) is 21.3. The predicted molar refractivity (Wildman–Crippen MR) is 198 cm³/mol. The maximum Gasteiger partial charge on any atom is 0.230 e. The second-order valence-electron chi connectivity index (χ2n) is 11.1. The van der Waals surface area contributed by atoms with Gasteiger partial charge in [0.25, 0.3) is 0 Å². The molecular weight excluding hydrogens is 657 g/mol. The lowest BCUT2D eigenvalue weighted by atomic mass is 10.2. The van der Waals surface area contributed by atoms with Crippen LogP contribution in [0.2, 0.25) is 0 Å². The van der Waals surface area contributed by atoms with E-state index in [1.165, 1.54) is 21.7 Å². The molecule has 4 nitrogen and oxygen atoms in total. The molecule has 0 amide bonds. The Morgan fingerprint density at radius 2 is 0.733 bits per heavy atom. The first-order chi connectivity index (χ1) is 20.2. The molecule has 45 heavy (non-hydrogen) atoms. The van der Waals surface area contributed by atoms with Crippen molar-refractivity contribution in [3.8, 4) is 0 Å². The Balaban J connectivity index is 0.000000861. The molecule has 0 aliphatic heterocycles. The normalized spacial score (nSPS) is 11.3. The molecule has 0 spiro atoms. The fourth-order valence-electron chi connectivity index (χ4n) is 5.99. The molecule has 0 unspecified atom stereocenters. The summed E-state index contributed by atoms with van der Waals surface area (Å²) in [6.45, 7) is 6.69. The molecule has 0 bridgehead atoms. The summed E-state index contributed by atoms with van der Waals surface area (Å²) in [6.07, 6.45) is 2.16. The van der Waals surface area contributed by atoms with Gasteiger partial charge in [-0.25, -0.2) is 0 Å². The van der Waals surface area contributed by atoms with Gasteiger partial charge >= 0.3 is 0 Å². The van der Waals surface area contributed by atoms with E-state index in [4.69, 9.17) is 0 Å². The highest BCUT2D eigenvalue weighted by molar-refractivity contribution is 7.86. The minimum absolute atomic E-state index is 0. The minimum atomic E-state index is -1.70. The molecule has 9 heteroatoms. The number of rotatable bonds is 12. The van der Waals surface area contributed by atoms with Gasteiger partial charge in [0, 0.05) is 55.4 Å². The van der Waals surface area contributed by atoms with Crippen LogP contribution in [0.4, 0.5) is 0 Å². The molecule has 0 saturated heterocycles. The predicted octanol–water partition coefficient (Wildman–Crippen LogP) is 2.18. The van der Waals surface area contributed by atoms with Crippen LogP contribution in [0.15, 0.2) is 121 Å². The summed E-state index contributed by atoms with van der Waals surface area (Å²) in [7, 11) is 9.93. The molecule has 0 aliphatic rings. The first-order valence-electron chi connectivity index (χ1n) is 15.0. The van der Waals surface area contributed by atoms with Crippen LogP contribution in [0.3, 0.4) is 0 Å². The van der Waals surface area contributed by atoms with Gasteiger partial charge in [-0.05, 0) is 49.2 Å². The van der Waals surface area contributed by atoms with Crippen molar-refractivity contribution in [2.75, 3.05) is 55.4 Å². The van der Waals surface area contributed by atoms with Crippen LogP contribution in [0.25, 0.3) is 0 Å². The van der Waals surface area contributed by atoms with Crippen molar-refractivity contribution in [3.63, 3.8) is 0 Å². The third-order valence-corrected chi connectivity index (χ3v) is 17.3. The summed E-state index contributed by atoms with van der Waals surface area (Å²) in [4.78, 5) is 0. The lowest BCUT2D eigenvalue weighted by molar-refractivity contribution is -0.001000. The van der Waals surface area contributed by atoms with Crippen LogP contribution < -0.4 is 35.4 Å². The largest absolute Gasteiger partial charge is 1.00 e. The first kappa shape index (κ1) is 43.5. The quantitative estimate of drug-likeness (QED) is 0.209. The molecule has 0 fully saturated rings. The average molecular weight is 710 g/mol. The van der Waals surface area contributed by atoms with Crippen molar-refractivity contribution in [1.29, 1.82) is 0 Å². The third kappa shape index (κ3) is 10.7. The molecule has 4 rings (SSSR count). The van der Waals surface area contributed by atoms with E-state index >= 15 is 0 Å². The maximum absolute atomic E-state index is 2.70. The molecule has 0 aromatic heterocycles. The highest BCUT2D eigenvalue weighted by Crippen LogP contribution is 2.66. The summed E-state index contributed by atoms with van der Waals surface area (Å²) in [5.74, 6) is 0. The number of hydrogen-bond acceptors (Lipinski definition) is 4. The third-order valence-electron chi connectivity index (χ3n) is 7.99. The Hall–Kier alpha value is -1.55. The van der Waals surface area contributed by atoms with Crippen LogP contribution in [0.1, 0.15) is 25.0 Å². The Morgan fingerprint density at radius 1 is 0.444 bits per heavy atom. The summed E-state index contributed by atoms with van der Waals surface area (Å²) in [5.41, 5.74) is 2.81. The summed E-state index contributed by atoms with van der Waals surface area (Å²) in [6, 6.07) is 43.9. The van der Waals surface area contributed by atoms with Crippen molar-refractivity contribution in [3.05, 3.63) is 132 Å². The van der Waals surface area contributed by atoms with E-state index in [1.54, 1.807) is 0 Å². The summed E-state index contributed by atoms with van der Waals surface area (Å²) < 4.78 is 9.82. The zero-order chi connectivity index (χ0) is 30.6. The van der Waals surface area contributed by atoms with Crippen molar-refractivity contribution in [2.45, 2.75) is 26.2 Å². The highest BCUT2D eigenvalue weighted by Gasteiger charge is 2.48. The standard InChI is InChI=1S/C23H27NP.C13H25N3P.3ClH/c1-3-24(4-2)25(22-16-10-6-11-17-22,23-18-12-7-13-19-23)20-21-14-8-5-9-15-21;1-14(2)17(15(3)4,16(5)6)12-13-10-8-7-9-11-13;;;/h5-19H,3-4,20H2,1-2H3;7-11H,12H2,1-6H3;3*1H/q2*+1;;;/p-2. The van der Waals surface area contributed by atoms with Crippen molar-refractivity contribution in [1.82, 2.24) is 18.7 Å². The van der Waals surface area contributed by atoms with Gasteiger partial charge in [0.1, 0.15) is 22.9 Å². The van der Waals surface area contributed by atoms with E-state index in [-0.39, 0.29) is 37.2 Å². The van der Waals surface area contributed by atoms with Crippen molar-refractivity contribution in [2.24, 2.45) is 0 Å². The van der Waals surface area contributed by atoms with Crippen LogP contribution >= 0.6 is 27.5 Å². The second-order valence-corrected chi connectivity index (χ2v) is 18.7. The topological polar surface area (TPSA) is 13.0 Å². The lowest BCUT2D eigenvalue weighted by Crippen LogP contribution is -3.00. The molecule has 0 heterocycles. The van der Waals surface area contributed by atoms with Crippen LogP contribution in [0.5, 0.6) is 0 Å². The summed E-state index contributed by atoms with van der Waals surface area (Å²) in [5, 5.41) is 2.93. The Bertz CT molecular complexity index is 1230. The van der Waals surface area contributed by atoms with Gasteiger partial charge in [-0.15, -0.1) is 12.4 Å². The van der Waals surface area contributed by atoms with Crippen LogP contribution in [-0.2, 0) is 12.3 Å².